The second kappa shape index (κ2) is 6.51. The summed E-state index contributed by atoms with van der Waals surface area (Å²) < 4.78 is 0.673. The van der Waals surface area contributed by atoms with Gasteiger partial charge in [-0.25, -0.2) is 4.99 Å². The van der Waals surface area contributed by atoms with Gasteiger partial charge in [-0.2, -0.15) is 10.5 Å². The third-order valence-corrected chi connectivity index (χ3v) is 5.63. The van der Waals surface area contributed by atoms with Crippen LogP contribution in [0.15, 0.2) is 45.7 Å². The third-order valence-electron chi connectivity index (χ3n) is 4.74. The second-order valence-electron chi connectivity index (χ2n) is 5.98. The van der Waals surface area contributed by atoms with E-state index in [1.54, 1.807) is 6.07 Å². The molecule has 0 bridgehead atoms. The van der Waals surface area contributed by atoms with Crippen molar-refractivity contribution in [3.63, 3.8) is 0 Å². The Labute approximate surface area is 149 Å². The van der Waals surface area contributed by atoms with Crippen molar-refractivity contribution >= 4 is 21.8 Å². The van der Waals surface area contributed by atoms with E-state index in [0.717, 1.165) is 30.5 Å². The van der Waals surface area contributed by atoms with Crippen molar-refractivity contribution in [2.75, 3.05) is 0 Å². The number of nitrogens with two attached hydrogens (primary N) is 2. The fourth-order valence-corrected chi connectivity index (χ4v) is 3.84. The van der Waals surface area contributed by atoms with E-state index in [0.29, 0.717) is 32.9 Å². The molecule has 120 valence electrons. The molecule has 6 heteroatoms. The number of benzene rings is 1. The number of hydrogen-bond donors (Lipinski definition) is 3. The number of rotatable bonds is 2. The van der Waals surface area contributed by atoms with Crippen molar-refractivity contribution in [2.45, 2.75) is 25.2 Å². The van der Waals surface area contributed by atoms with Crippen LogP contribution in [0.3, 0.4) is 0 Å². The summed E-state index contributed by atoms with van der Waals surface area (Å²) in [6.07, 6.45) is 4.70. The van der Waals surface area contributed by atoms with E-state index in [2.05, 4.69) is 33.1 Å². The standard InChI is InChI=1S/C18H16BrN5/c19-16-11(7-20)5-2-6-12(16)15-13(8-21)17(10-3-1-4-10)24-18(23)14(15)9-22/h2,5-6,9-10,15H,1,3-4,22H2,(H2,23,24)/p+1/b14-9-. The van der Waals surface area contributed by atoms with Crippen LogP contribution < -0.4 is 16.5 Å². The molecular formula is C18H17BrN5+. The molecule has 0 radical (unpaired) electrons. The Kier molecular flexibility index (Phi) is 4.42. The highest BCUT2D eigenvalue weighted by atomic mass is 79.9. The summed E-state index contributed by atoms with van der Waals surface area (Å²) in [6.45, 7) is 0. The highest BCUT2D eigenvalue weighted by Gasteiger charge is 2.39. The molecule has 1 fully saturated rings. The minimum Gasteiger partial charge on any atom is -0.404 e. The first kappa shape index (κ1) is 16.3. The molecule has 1 heterocycles. The van der Waals surface area contributed by atoms with Gasteiger partial charge in [0, 0.05) is 16.6 Å². The Hall–Kier alpha value is -2.57. The first-order valence-corrected chi connectivity index (χ1v) is 8.56. The maximum absolute atomic E-state index is 9.83. The van der Waals surface area contributed by atoms with Crippen LogP contribution >= 0.6 is 15.9 Å². The van der Waals surface area contributed by atoms with Crippen molar-refractivity contribution in [1.29, 1.82) is 10.5 Å². The number of halogens is 1. The van der Waals surface area contributed by atoms with E-state index >= 15 is 0 Å². The normalized spacial score (nSPS) is 22.5. The fraction of sp³-hybridized carbons (Fsp3) is 0.278. The molecule has 3 rings (SSSR count). The van der Waals surface area contributed by atoms with Crippen LogP contribution in [0.1, 0.15) is 36.3 Å². The number of nitriles is 2. The smallest absolute Gasteiger partial charge is 0.276 e. The van der Waals surface area contributed by atoms with Crippen LogP contribution in [0.5, 0.6) is 0 Å². The van der Waals surface area contributed by atoms with Gasteiger partial charge in [-0.1, -0.05) is 18.6 Å². The molecule has 1 saturated carbocycles. The van der Waals surface area contributed by atoms with Crippen molar-refractivity contribution in [3.8, 4) is 12.1 Å². The molecule has 0 spiro atoms. The van der Waals surface area contributed by atoms with E-state index in [9.17, 15) is 10.5 Å². The van der Waals surface area contributed by atoms with Crippen molar-refractivity contribution in [3.05, 3.63) is 56.8 Å². The van der Waals surface area contributed by atoms with Gasteiger partial charge in [0.1, 0.15) is 11.8 Å². The summed E-state index contributed by atoms with van der Waals surface area (Å²) in [5.74, 6) is 0.426. The Bertz CT molecular complexity index is 862. The van der Waals surface area contributed by atoms with E-state index in [1.165, 1.54) is 6.20 Å². The number of nitrogens with zero attached hydrogens (tertiary/aromatic N) is 2. The Morgan fingerprint density at radius 2 is 2.00 bits per heavy atom. The Balaban J connectivity index is 2.24. The fourth-order valence-electron chi connectivity index (χ4n) is 3.26. The molecular weight excluding hydrogens is 366 g/mol. The van der Waals surface area contributed by atoms with Crippen molar-refractivity contribution in [2.24, 2.45) is 17.4 Å². The summed E-state index contributed by atoms with van der Waals surface area (Å²) >= 11 is 3.51. The predicted octanol–water partition coefficient (Wildman–Crippen LogP) is 1.28. The molecule has 0 aromatic heterocycles. The van der Waals surface area contributed by atoms with Gasteiger partial charge in [0.2, 0.25) is 0 Å². The van der Waals surface area contributed by atoms with Gasteiger partial charge in [0.25, 0.3) is 5.84 Å². The zero-order valence-electron chi connectivity index (χ0n) is 13.0. The first-order valence-electron chi connectivity index (χ1n) is 7.76. The average molecular weight is 383 g/mol. The molecule has 1 unspecified atom stereocenters. The molecule has 24 heavy (non-hydrogen) atoms. The van der Waals surface area contributed by atoms with Gasteiger partial charge in [-0.05, 0) is 40.4 Å². The average Bonchev–Trinajstić information content (AvgIpc) is 2.53. The highest BCUT2D eigenvalue weighted by Crippen LogP contribution is 2.41. The lowest BCUT2D eigenvalue weighted by Gasteiger charge is -2.30. The van der Waals surface area contributed by atoms with Gasteiger partial charge >= 0.3 is 0 Å². The maximum Gasteiger partial charge on any atom is 0.276 e. The van der Waals surface area contributed by atoms with E-state index in [-0.39, 0.29) is 5.92 Å². The van der Waals surface area contributed by atoms with Crippen molar-refractivity contribution in [1.82, 2.24) is 0 Å². The minimum atomic E-state index is -0.375. The highest BCUT2D eigenvalue weighted by molar-refractivity contribution is 9.10. The lowest BCUT2D eigenvalue weighted by Crippen LogP contribution is -2.78. The maximum atomic E-state index is 9.83. The Morgan fingerprint density at radius 3 is 2.54 bits per heavy atom. The lowest BCUT2D eigenvalue weighted by molar-refractivity contribution is -0.414. The van der Waals surface area contributed by atoms with Crippen LogP contribution in [0.25, 0.3) is 0 Å². The summed E-state index contributed by atoms with van der Waals surface area (Å²) in [6, 6.07) is 9.94. The van der Waals surface area contributed by atoms with Crippen LogP contribution in [0.4, 0.5) is 0 Å². The lowest BCUT2D eigenvalue weighted by atomic mass is 9.75. The summed E-state index contributed by atoms with van der Waals surface area (Å²) in [4.78, 5) is 3.19. The molecule has 1 aliphatic carbocycles. The van der Waals surface area contributed by atoms with Crippen LogP contribution in [0.2, 0.25) is 0 Å². The Morgan fingerprint density at radius 1 is 1.25 bits per heavy atom. The SMILES string of the molecule is N#CC1=C(C2CCC2)[NH+]=C(N)/C(=C\N)C1c1cccc(C#N)c1Br. The third kappa shape index (κ3) is 2.50. The zero-order valence-corrected chi connectivity index (χ0v) is 14.6. The molecule has 5 nitrogen and oxygen atoms in total. The van der Waals surface area contributed by atoms with Crippen LogP contribution in [-0.4, -0.2) is 5.84 Å². The van der Waals surface area contributed by atoms with Gasteiger partial charge in [0.15, 0.2) is 0 Å². The number of nitrogens with one attached hydrogen (secondary N) is 1. The van der Waals surface area contributed by atoms with E-state index < -0.39 is 0 Å². The van der Waals surface area contributed by atoms with Crippen LogP contribution in [-0.2, 0) is 0 Å². The molecule has 1 atom stereocenters. The molecule has 1 aromatic carbocycles. The topological polar surface area (TPSA) is 114 Å². The van der Waals surface area contributed by atoms with E-state index in [4.69, 9.17) is 11.5 Å². The molecule has 1 aliphatic heterocycles. The quantitative estimate of drug-likeness (QED) is 0.714. The molecule has 1 aromatic rings. The predicted molar refractivity (Wildman–Crippen MR) is 94.0 cm³/mol. The number of hydrogen-bond acceptors (Lipinski definition) is 4. The molecule has 0 amide bonds. The molecule has 5 N–H and O–H groups in total. The van der Waals surface area contributed by atoms with Gasteiger partial charge in [-0.15, -0.1) is 0 Å². The summed E-state index contributed by atoms with van der Waals surface area (Å²) in [5, 5.41) is 19.1. The summed E-state index contributed by atoms with van der Waals surface area (Å²) in [5.41, 5.74) is 15.5. The molecule has 0 saturated heterocycles. The zero-order chi connectivity index (χ0) is 17.3. The first-order chi connectivity index (χ1) is 11.6. The minimum absolute atomic E-state index is 0.331. The van der Waals surface area contributed by atoms with Gasteiger partial charge in [0.05, 0.1) is 28.7 Å². The number of allylic oxidation sites excluding steroid dienone is 2. The largest absolute Gasteiger partial charge is 0.404 e. The summed E-state index contributed by atoms with van der Waals surface area (Å²) in [7, 11) is 0. The molecule has 2 aliphatic rings. The van der Waals surface area contributed by atoms with E-state index in [1.807, 2.05) is 12.1 Å². The number of amidine groups is 1. The van der Waals surface area contributed by atoms with Gasteiger partial charge in [-0.3, -0.25) is 5.73 Å². The van der Waals surface area contributed by atoms with Crippen LogP contribution in [0, 0.1) is 28.6 Å². The van der Waals surface area contributed by atoms with Gasteiger partial charge < -0.3 is 5.73 Å². The second-order valence-corrected chi connectivity index (χ2v) is 6.77. The van der Waals surface area contributed by atoms with Crippen molar-refractivity contribution < 1.29 is 4.99 Å². The monoisotopic (exact) mass is 382 g/mol.